The monoisotopic (exact) mass is 475 g/mol. The van der Waals surface area contributed by atoms with Gasteiger partial charge in [-0.15, -0.1) is 0 Å². The number of aliphatic hydroxyl groups excluding tert-OH is 1. The second-order valence-corrected chi connectivity index (χ2v) is 5.50. The molecule has 2 aliphatic rings. The van der Waals surface area contributed by atoms with E-state index in [2.05, 4.69) is 0 Å². The molecule has 4 rings (SSSR count). The normalized spacial score (nSPS) is 13.0. The van der Waals surface area contributed by atoms with E-state index in [-0.39, 0.29) is 50.4 Å². The first-order valence-electron chi connectivity index (χ1n) is 7.98. The Hall–Kier alpha value is -3.41. The molecule has 0 heterocycles. The maximum Gasteiger partial charge on any atom is 2.00 e. The predicted molar refractivity (Wildman–Crippen MR) is 104 cm³/mol. The number of fused-ring (bicyclic) bond motifs is 2. The summed E-state index contributed by atoms with van der Waals surface area (Å²) >= 11 is 0. The Morgan fingerprint density at radius 3 is 1.13 bits per heavy atom. The molecule has 0 bridgehead atoms. The van der Waals surface area contributed by atoms with Crippen LogP contribution in [0.1, 0.15) is 41.4 Å². The zero-order chi connectivity index (χ0) is 20.8. The molecule has 2 aromatic rings. The molecule has 0 spiro atoms. The Labute approximate surface area is 187 Å². The van der Waals surface area contributed by atoms with E-state index < -0.39 is 23.1 Å². The molecular formula is C21H20CoO9+2. The number of carbonyl (C=O) groups excluding carboxylic acids is 4. The van der Waals surface area contributed by atoms with Gasteiger partial charge in [0.1, 0.15) is 0 Å². The third-order valence-electron chi connectivity index (χ3n) is 3.85. The van der Waals surface area contributed by atoms with E-state index in [9.17, 15) is 29.4 Å². The number of hydrogen-bond donors (Lipinski definition) is 1. The van der Waals surface area contributed by atoms with Crippen molar-refractivity contribution in [2.45, 2.75) is 0 Å². The number of hydrogen-bond acceptors (Lipinski definition) is 7. The fourth-order valence-electron chi connectivity index (χ4n) is 2.58. The molecule has 31 heavy (non-hydrogen) atoms. The third-order valence-corrected chi connectivity index (χ3v) is 3.85. The van der Waals surface area contributed by atoms with Crippen molar-refractivity contribution in [1.29, 1.82) is 0 Å². The zero-order valence-electron chi connectivity index (χ0n) is 16.2. The van der Waals surface area contributed by atoms with Crippen LogP contribution in [0.25, 0.3) is 0 Å². The van der Waals surface area contributed by atoms with Gasteiger partial charge in [-0.05, 0) is 12.2 Å². The number of Topliss-reactive ketones (excluding diaryl/α,β-unsaturated/α-hetero) is 2. The van der Waals surface area contributed by atoms with Gasteiger partial charge >= 0.3 is 16.8 Å². The van der Waals surface area contributed by atoms with Crippen molar-refractivity contribution in [2.75, 3.05) is 7.11 Å². The number of carbonyl (C=O) groups is 4. The molecule has 0 aliphatic heterocycles. The number of ketones is 4. The maximum absolute atomic E-state index is 11.2. The first kappa shape index (κ1) is 29.8. The van der Waals surface area contributed by atoms with Gasteiger partial charge in [-0.1, -0.05) is 60.0 Å². The number of aliphatic hydroxyl groups is 1. The Morgan fingerprint density at radius 2 is 0.839 bits per heavy atom. The van der Waals surface area contributed by atoms with Gasteiger partial charge in [-0.3, -0.25) is 19.2 Å². The molecule has 1 radical (unpaired) electrons. The summed E-state index contributed by atoms with van der Waals surface area (Å²) in [6, 6.07) is 12.6. The van der Waals surface area contributed by atoms with Gasteiger partial charge < -0.3 is 26.3 Å². The largest absolute Gasteiger partial charge is 2.00 e. The fraction of sp³-hybridized carbons (Fsp3) is 0.0476. The minimum Gasteiger partial charge on any atom is -0.870 e. The third kappa shape index (κ3) is 6.28. The van der Waals surface area contributed by atoms with Crippen LogP contribution in [-0.4, -0.2) is 35.3 Å². The molecule has 7 N–H and O–H groups in total. The van der Waals surface area contributed by atoms with Gasteiger partial charge in [0.15, 0.2) is 23.1 Å². The minimum absolute atomic E-state index is 0. The van der Waals surface area contributed by atoms with Crippen molar-refractivity contribution < 1.29 is 62.2 Å². The van der Waals surface area contributed by atoms with Crippen LogP contribution in [-0.2, 0) is 27.7 Å². The Balaban J connectivity index is 0. The molecule has 0 amide bonds. The standard InChI is InChI=1S/2C10H6O3.CH4O.Co.2H2O/c2*11-8-5-9(12)10(13)7-4-2-1-3-6(7)8;1-2;;;/h2*1-5,12H;2H,1H3;;2*1H2/q;;;+2;;. The second-order valence-electron chi connectivity index (χ2n) is 5.50. The quantitative estimate of drug-likeness (QED) is 0.441. The van der Waals surface area contributed by atoms with E-state index >= 15 is 0 Å². The fourth-order valence-corrected chi connectivity index (χ4v) is 2.58. The summed E-state index contributed by atoms with van der Waals surface area (Å²) in [5, 5.41) is 28.9. The summed E-state index contributed by atoms with van der Waals surface area (Å²) in [5.41, 5.74) is 1.04. The summed E-state index contributed by atoms with van der Waals surface area (Å²) in [7, 11) is 1.00. The molecule has 0 atom stereocenters. The number of allylic oxidation sites excluding steroid dienone is 4. The minimum atomic E-state index is -0.733. The van der Waals surface area contributed by atoms with Gasteiger partial charge in [-0.2, -0.15) is 0 Å². The van der Waals surface area contributed by atoms with Crippen molar-refractivity contribution in [3.8, 4) is 0 Å². The predicted octanol–water partition coefficient (Wildman–Crippen LogP) is -1.62. The van der Waals surface area contributed by atoms with Crippen LogP contribution in [0.2, 0.25) is 0 Å². The van der Waals surface area contributed by atoms with E-state index in [1.54, 1.807) is 36.4 Å². The van der Waals surface area contributed by atoms with Crippen LogP contribution in [0.3, 0.4) is 0 Å². The summed E-state index contributed by atoms with van der Waals surface area (Å²) < 4.78 is 0. The van der Waals surface area contributed by atoms with Gasteiger partial charge in [0, 0.05) is 29.4 Å². The van der Waals surface area contributed by atoms with Crippen molar-refractivity contribution in [2.24, 2.45) is 0 Å². The number of benzene rings is 2. The number of rotatable bonds is 0. The van der Waals surface area contributed by atoms with Gasteiger partial charge in [0.2, 0.25) is 0 Å². The molecule has 165 valence electrons. The van der Waals surface area contributed by atoms with E-state index in [1.807, 2.05) is 0 Å². The van der Waals surface area contributed by atoms with Gasteiger partial charge in [-0.25, -0.2) is 0 Å². The maximum atomic E-state index is 11.2. The molecule has 0 saturated heterocycles. The summed E-state index contributed by atoms with van der Waals surface area (Å²) in [5.74, 6) is -3.45. The van der Waals surface area contributed by atoms with E-state index in [4.69, 9.17) is 5.11 Å². The topological polar surface area (TPSA) is 201 Å². The van der Waals surface area contributed by atoms with Gasteiger partial charge in [0.05, 0.1) is 0 Å². The molecule has 2 aromatic carbocycles. The Morgan fingerprint density at radius 1 is 0.581 bits per heavy atom. The Kier molecular flexibility index (Phi) is 12.5. The second kappa shape index (κ2) is 13.0. The summed E-state index contributed by atoms with van der Waals surface area (Å²) in [6.07, 6.45) is 1.68. The first-order valence-corrected chi connectivity index (χ1v) is 7.98. The van der Waals surface area contributed by atoms with Crippen molar-refractivity contribution >= 4 is 23.1 Å². The molecule has 0 aromatic heterocycles. The van der Waals surface area contributed by atoms with Crippen LogP contribution >= 0.6 is 0 Å². The molecule has 9 nitrogen and oxygen atoms in total. The Bertz CT molecular complexity index is 955. The van der Waals surface area contributed by atoms with Gasteiger partial charge in [0.25, 0.3) is 0 Å². The SMILES string of the molecule is CO.O=C1C=C([O-])C(=O)c2ccccc21.O=C1C=C([O-])C(=O)c2ccccc21.[Co+2].[OH3+].[OH3+]. The van der Waals surface area contributed by atoms with Crippen LogP contribution < -0.4 is 10.2 Å². The molecule has 0 unspecified atom stereocenters. The van der Waals surface area contributed by atoms with Crippen molar-refractivity contribution in [3.63, 3.8) is 0 Å². The first-order chi connectivity index (χ1) is 13.4. The van der Waals surface area contributed by atoms with Crippen LogP contribution in [0.15, 0.2) is 72.2 Å². The van der Waals surface area contributed by atoms with E-state index in [0.29, 0.717) is 11.1 Å². The summed E-state index contributed by atoms with van der Waals surface area (Å²) in [6.45, 7) is 0. The van der Waals surface area contributed by atoms with Crippen LogP contribution in [0.4, 0.5) is 0 Å². The van der Waals surface area contributed by atoms with Crippen LogP contribution in [0, 0.1) is 0 Å². The van der Waals surface area contributed by atoms with Crippen molar-refractivity contribution in [1.82, 2.24) is 0 Å². The van der Waals surface area contributed by atoms with Crippen molar-refractivity contribution in [3.05, 3.63) is 94.5 Å². The summed E-state index contributed by atoms with van der Waals surface area (Å²) in [4.78, 5) is 44.9. The van der Waals surface area contributed by atoms with E-state index in [1.165, 1.54) is 12.1 Å². The molecule has 0 fully saturated rings. The smallest absolute Gasteiger partial charge is 0.870 e. The molecular weight excluding hydrogens is 455 g/mol. The zero-order valence-corrected chi connectivity index (χ0v) is 17.2. The molecule has 10 heteroatoms. The average molecular weight is 475 g/mol. The average Bonchev–Trinajstić information content (AvgIpc) is 2.72. The van der Waals surface area contributed by atoms with Crippen LogP contribution in [0.5, 0.6) is 0 Å². The van der Waals surface area contributed by atoms with E-state index in [0.717, 1.165) is 19.3 Å². The molecule has 0 saturated carbocycles. The molecule has 2 aliphatic carbocycles.